The summed E-state index contributed by atoms with van der Waals surface area (Å²) in [6.07, 6.45) is 0. The molecule has 0 aliphatic carbocycles. The van der Waals surface area contributed by atoms with E-state index in [1.807, 2.05) is 19.4 Å². The molecule has 1 heterocycles. The maximum Gasteiger partial charge on any atom is 0.189 e. The van der Waals surface area contributed by atoms with Gasteiger partial charge in [-0.1, -0.05) is 12.1 Å². The molecule has 3 nitrogen and oxygen atoms in total. The average molecular weight is 247 g/mol. The second-order valence-corrected chi connectivity index (χ2v) is 5.08. The van der Waals surface area contributed by atoms with Crippen molar-refractivity contribution in [1.29, 1.82) is 0 Å². The van der Waals surface area contributed by atoms with Crippen LogP contribution in [-0.2, 0) is 0 Å². The highest BCUT2D eigenvalue weighted by molar-refractivity contribution is 7.13. The lowest BCUT2D eigenvalue weighted by atomic mass is 10.2. The fourth-order valence-electron chi connectivity index (χ4n) is 1.59. The summed E-state index contributed by atoms with van der Waals surface area (Å²) < 4.78 is 0. The molecule has 0 fully saturated rings. The molecule has 1 aromatic carbocycles. The number of hydrogen-bond acceptors (Lipinski definition) is 4. The topological polar surface area (TPSA) is 42.2 Å². The summed E-state index contributed by atoms with van der Waals surface area (Å²) in [5, 5.41) is 3.00. The normalized spacial score (nSPS) is 12.5. The van der Waals surface area contributed by atoms with E-state index in [1.165, 1.54) is 5.56 Å². The predicted octanol–water partition coefficient (Wildman–Crippen LogP) is 3.24. The summed E-state index contributed by atoms with van der Waals surface area (Å²) in [6.45, 7) is 4.04. The van der Waals surface area contributed by atoms with Gasteiger partial charge in [-0.2, -0.15) is 0 Å². The van der Waals surface area contributed by atoms with Gasteiger partial charge in [0.1, 0.15) is 0 Å². The summed E-state index contributed by atoms with van der Waals surface area (Å²) in [4.78, 5) is 6.62. The minimum atomic E-state index is -0.00842. The zero-order valence-corrected chi connectivity index (χ0v) is 11.2. The van der Waals surface area contributed by atoms with Gasteiger partial charge < -0.3 is 10.6 Å². The van der Waals surface area contributed by atoms with Gasteiger partial charge in [0.25, 0.3) is 0 Å². The second-order valence-electron chi connectivity index (χ2n) is 4.24. The molecule has 1 unspecified atom stereocenters. The Labute approximate surface area is 106 Å². The van der Waals surface area contributed by atoms with Crippen LogP contribution >= 0.6 is 11.3 Å². The molecule has 2 aromatic rings. The van der Waals surface area contributed by atoms with Gasteiger partial charge in [-0.25, -0.2) is 4.98 Å². The number of nitrogens with two attached hydrogens (primary N) is 1. The van der Waals surface area contributed by atoms with Crippen LogP contribution in [0.2, 0.25) is 0 Å². The van der Waals surface area contributed by atoms with Gasteiger partial charge in [0.15, 0.2) is 5.13 Å². The van der Waals surface area contributed by atoms with Crippen LogP contribution in [0.1, 0.15) is 24.2 Å². The van der Waals surface area contributed by atoms with Gasteiger partial charge in [0.05, 0.1) is 5.69 Å². The lowest BCUT2D eigenvalue weighted by Crippen LogP contribution is -2.10. The van der Waals surface area contributed by atoms with Crippen LogP contribution in [0.3, 0.4) is 0 Å². The first kappa shape index (κ1) is 12.1. The summed E-state index contributed by atoms with van der Waals surface area (Å²) in [5.41, 5.74) is 9.16. The maximum atomic E-state index is 5.82. The van der Waals surface area contributed by atoms with Crippen molar-refractivity contribution in [2.45, 2.75) is 19.9 Å². The number of rotatable bonds is 3. The second kappa shape index (κ2) is 4.85. The van der Waals surface area contributed by atoms with E-state index in [2.05, 4.69) is 41.1 Å². The Kier molecular flexibility index (Phi) is 3.45. The van der Waals surface area contributed by atoms with Gasteiger partial charge in [-0.15, -0.1) is 11.3 Å². The first-order valence-electron chi connectivity index (χ1n) is 5.59. The molecular weight excluding hydrogens is 230 g/mol. The first-order chi connectivity index (χ1) is 8.08. The first-order valence-corrected chi connectivity index (χ1v) is 6.47. The highest BCUT2D eigenvalue weighted by atomic mass is 32.1. The van der Waals surface area contributed by atoms with Crippen LogP contribution < -0.4 is 10.6 Å². The van der Waals surface area contributed by atoms with E-state index in [0.29, 0.717) is 0 Å². The standard InChI is InChI=1S/C13H17N3S/c1-9-5-4-6-11(7-9)16(3)13-15-12(8-17-13)10(2)14/h4-8,10H,14H2,1-3H3. The number of benzene rings is 1. The summed E-state index contributed by atoms with van der Waals surface area (Å²) in [5.74, 6) is 0. The van der Waals surface area contributed by atoms with Crippen molar-refractivity contribution in [3.8, 4) is 0 Å². The van der Waals surface area contributed by atoms with Crippen LogP contribution in [0.25, 0.3) is 0 Å². The third-order valence-electron chi connectivity index (χ3n) is 2.65. The highest BCUT2D eigenvalue weighted by Crippen LogP contribution is 2.28. The Morgan fingerprint density at radius 3 is 2.76 bits per heavy atom. The third-order valence-corrected chi connectivity index (χ3v) is 3.59. The molecule has 1 atom stereocenters. The number of anilines is 2. The SMILES string of the molecule is Cc1cccc(N(C)c2nc(C(C)N)cs2)c1. The molecule has 2 N–H and O–H groups in total. The maximum absolute atomic E-state index is 5.82. The molecule has 0 saturated heterocycles. The quantitative estimate of drug-likeness (QED) is 0.905. The molecule has 0 radical (unpaired) electrons. The Balaban J connectivity index is 2.27. The average Bonchev–Trinajstić information content (AvgIpc) is 2.77. The van der Waals surface area contributed by atoms with Gasteiger partial charge >= 0.3 is 0 Å². The van der Waals surface area contributed by atoms with Gasteiger partial charge in [0, 0.05) is 24.2 Å². The fraction of sp³-hybridized carbons (Fsp3) is 0.308. The molecule has 0 bridgehead atoms. The van der Waals surface area contributed by atoms with Gasteiger partial charge in [-0.05, 0) is 31.5 Å². The molecule has 0 amide bonds. The van der Waals surface area contributed by atoms with Crippen molar-refractivity contribution in [3.63, 3.8) is 0 Å². The molecule has 0 aliphatic heterocycles. The Morgan fingerprint density at radius 2 is 2.18 bits per heavy atom. The monoisotopic (exact) mass is 247 g/mol. The van der Waals surface area contributed by atoms with Crippen LogP contribution in [0.5, 0.6) is 0 Å². The van der Waals surface area contributed by atoms with Crippen molar-refractivity contribution < 1.29 is 0 Å². The minimum Gasteiger partial charge on any atom is -0.323 e. The Hall–Kier alpha value is -1.39. The van der Waals surface area contributed by atoms with Crippen molar-refractivity contribution in [3.05, 3.63) is 40.9 Å². The van der Waals surface area contributed by atoms with Crippen molar-refractivity contribution in [2.75, 3.05) is 11.9 Å². The summed E-state index contributed by atoms with van der Waals surface area (Å²) in [7, 11) is 2.03. The smallest absolute Gasteiger partial charge is 0.189 e. The molecule has 17 heavy (non-hydrogen) atoms. The van der Waals surface area contributed by atoms with Crippen LogP contribution in [0.4, 0.5) is 10.8 Å². The number of hydrogen-bond donors (Lipinski definition) is 1. The van der Waals surface area contributed by atoms with E-state index < -0.39 is 0 Å². The van der Waals surface area contributed by atoms with Crippen LogP contribution in [-0.4, -0.2) is 12.0 Å². The number of thiazole rings is 1. The number of aromatic nitrogens is 1. The lowest BCUT2D eigenvalue weighted by molar-refractivity contribution is 0.788. The summed E-state index contributed by atoms with van der Waals surface area (Å²) >= 11 is 1.62. The van der Waals surface area contributed by atoms with E-state index >= 15 is 0 Å². The third kappa shape index (κ3) is 2.65. The highest BCUT2D eigenvalue weighted by Gasteiger charge is 2.10. The molecule has 90 valence electrons. The van der Waals surface area contributed by atoms with E-state index in [1.54, 1.807) is 11.3 Å². The Bertz CT molecular complexity index is 505. The number of aryl methyl sites for hydroxylation is 1. The number of nitrogens with zero attached hydrogens (tertiary/aromatic N) is 2. The Morgan fingerprint density at radius 1 is 1.41 bits per heavy atom. The molecular formula is C13H17N3S. The lowest BCUT2D eigenvalue weighted by Gasteiger charge is -2.16. The van der Waals surface area contributed by atoms with Crippen molar-refractivity contribution in [2.24, 2.45) is 5.73 Å². The zero-order valence-electron chi connectivity index (χ0n) is 10.3. The molecule has 0 aliphatic rings. The van der Waals surface area contributed by atoms with Crippen molar-refractivity contribution in [1.82, 2.24) is 4.98 Å². The molecule has 1 aromatic heterocycles. The zero-order chi connectivity index (χ0) is 12.4. The largest absolute Gasteiger partial charge is 0.323 e. The van der Waals surface area contributed by atoms with E-state index in [4.69, 9.17) is 5.73 Å². The van der Waals surface area contributed by atoms with Gasteiger partial charge in [0.2, 0.25) is 0 Å². The van der Waals surface area contributed by atoms with E-state index in [0.717, 1.165) is 16.5 Å². The summed E-state index contributed by atoms with van der Waals surface area (Å²) in [6, 6.07) is 8.37. The van der Waals surface area contributed by atoms with E-state index in [9.17, 15) is 0 Å². The van der Waals surface area contributed by atoms with Crippen molar-refractivity contribution >= 4 is 22.2 Å². The minimum absolute atomic E-state index is 0.00842. The molecule has 2 rings (SSSR count). The van der Waals surface area contributed by atoms with Crippen LogP contribution in [0.15, 0.2) is 29.6 Å². The molecule has 0 saturated carbocycles. The molecule has 4 heteroatoms. The fourth-order valence-corrected chi connectivity index (χ4v) is 2.50. The van der Waals surface area contributed by atoms with E-state index in [-0.39, 0.29) is 6.04 Å². The van der Waals surface area contributed by atoms with Crippen LogP contribution in [0, 0.1) is 6.92 Å². The predicted molar refractivity (Wildman–Crippen MR) is 74.0 cm³/mol. The van der Waals surface area contributed by atoms with Gasteiger partial charge in [-0.3, -0.25) is 0 Å². The molecule has 0 spiro atoms.